The van der Waals surface area contributed by atoms with Crippen molar-refractivity contribution in [2.75, 3.05) is 0 Å². The first kappa shape index (κ1) is 21.7. The van der Waals surface area contributed by atoms with Gasteiger partial charge >= 0.3 is 0 Å². The average Bonchev–Trinajstić information content (AvgIpc) is 3.09. The van der Waals surface area contributed by atoms with Crippen molar-refractivity contribution in [3.05, 3.63) is 70.0 Å². The molecule has 5 nitrogen and oxygen atoms in total. The summed E-state index contributed by atoms with van der Waals surface area (Å²) in [4.78, 5) is 12.3. The molecule has 0 atom stereocenters. The third kappa shape index (κ3) is 5.53. The maximum Gasteiger partial charge on any atom is 0.225 e. The van der Waals surface area contributed by atoms with Crippen LogP contribution in [0, 0.1) is 5.41 Å². The molecule has 0 spiro atoms. The number of halogens is 2. The first-order valence-electron chi connectivity index (χ1n) is 9.10. The summed E-state index contributed by atoms with van der Waals surface area (Å²) >= 11 is 14.2. The number of hydrogen-bond acceptors (Lipinski definition) is 4. The Morgan fingerprint density at radius 3 is 2.52 bits per heavy atom. The first-order valence-corrected chi connectivity index (χ1v) is 10.8. The van der Waals surface area contributed by atoms with Crippen LogP contribution in [0.2, 0.25) is 10.0 Å². The fraction of sp³-hybridized carbons (Fsp3) is 0.286. The molecule has 1 heterocycles. The minimum absolute atomic E-state index is 0.0669. The SMILES string of the molecule is CC(C)(C)C(=O)NCc1nnc(SCc2ccccc2)n1-c1cc(Cl)ccc1Cl. The quantitative estimate of drug-likeness (QED) is 0.503. The molecule has 0 aliphatic carbocycles. The number of hydrogen-bond donors (Lipinski definition) is 1. The van der Waals surface area contributed by atoms with Crippen molar-refractivity contribution in [2.45, 2.75) is 38.2 Å². The van der Waals surface area contributed by atoms with Gasteiger partial charge in [0.2, 0.25) is 5.91 Å². The smallest absolute Gasteiger partial charge is 0.225 e. The highest BCUT2D eigenvalue weighted by molar-refractivity contribution is 7.98. The van der Waals surface area contributed by atoms with E-state index in [9.17, 15) is 4.79 Å². The van der Waals surface area contributed by atoms with E-state index < -0.39 is 5.41 Å². The topological polar surface area (TPSA) is 59.8 Å². The summed E-state index contributed by atoms with van der Waals surface area (Å²) in [7, 11) is 0. The van der Waals surface area contributed by atoms with E-state index in [0.717, 1.165) is 5.75 Å². The second-order valence-electron chi connectivity index (χ2n) is 7.54. The van der Waals surface area contributed by atoms with Crippen molar-refractivity contribution in [1.29, 1.82) is 0 Å². The fourth-order valence-electron chi connectivity index (χ4n) is 2.55. The van der Waals surface area contributed by atoms with E-state index in [-0.39, 0.29) is 12.5 Å². The Morgan fingerprint density at radius 1 is 1.10 bits per heavy atom. The van der Waals surface area contributed by atoms with Crippen molar-refractivity contribution in [1.82, 2.24) is 20.1 Å². The van der Waals surface area contributed by atoms with E-state index in [1.807, 2.05) is 43.5 Å². The van der Waals surface area contributed by atoms with Gasteiger partial charge in [-0.3, -0.25) is 9.36 Å². The lowest BCUT2D eigenvalue weighted by Gasteiger charge is -2.18. The van der Waals surface area contributed by atoms with E-state index >= 15 is 0 Å². The second-order valence-corrected chi connectivity index (χ2v) is 9.32. The van der Waals surface area contributed by atoms with Crippen LogP contribution in [0.5, 0.6) is 0 Å². The minimum Gasteiger partial charge on any atom is -0.348 e. The molecule has 0 radical (unpaired) electrons. The fourth-order valence-corrected chi connectivity index (χ4v) is 3.84. The number of benzene rings is 2. The number of nitrogens with zero attached hydrogens (tertiary/aromatic N) is 3. The predicted molar refractivity (Wildman–Crippen MR) is 119 cm³/mol. The highest BCUT2D eigenvalue weighted by Crippen LogP contribution is 2.31. The monoisotopic (exact) mass is 448 g/mol. The van der Waals surface area contributed by atoms with Gasteiger partial charge in [0.25, 0.3) is 0 Å². The zero-order valence-electron chi connectivity index (χ0n) is 16.4. The van der Waals surface area contributed by atoms with Gasteiger partial charge in [-0.2, -0.15) is 0 Å². The van der Waals surface area contributed by atoms with Crippen LogP contribution in [0.25, 0.3) is 5.69 Å². The van der Waals surface area contributed by atoms with Gasteiger partial charge in [0.1, 0.15) is 0 Å². The number of amides is 1. The third-order valence-electron chi connectivity index (χ3n) is 4.15. The normalized spacial score (nSPS) is 11.5. The van der Waals surface area contributed by atoms with Crippen LogP contribution in [-0.2, 0) is 17.1 Å². The van der Waals surface area contributed by atoms with Crippen molar-refractivity contribution >= 4 is 40.9 Å². The third-order valence-corrected chi connectivity index (χ3v) is 5.70. The van der Waals surface area contributed by atoms with Crippen LogP contribution in [0.4, 0.5) is 0 Å². The lowest BCUT2D eigenvalue weighted by atomic mass is 9.96. The molecule has 0 fully saturated rings. The molecule has 29 heavy (non-hydrogen) atoms. The summed E-state index contributed by atoms with van der Waals surface area (Å²) in [5, 5.41) is 13.3. The Kier molecular flexibility index (Phi) is 6.88. The number of carbonyl (C=O) groups is 1. The zero-order chi connectivity index (χ0) is 21.0. The van der Waals surface area contributed by atoms with Crippen molar-refractivity contribution in [3.8, 4) is 5.69 Å². The van der Waals surface area contributed by atoms with Gasteiger partial charge in [-0.25, -0.2) is 0 Å². The molecule has 3 rings (SSSR count). The molecule has 0 aliphatic rings. The summed E-state index contributed by atoms with van der Waals surface area (Å²) < 4.78 is 1.85. The maximum absolute atomic E-state index is 12.3. The Bertz CT molecular complexity index is 1000. The molecule has 0 bridgehead atoms. The molecule has 3 aromatic rings. The van der Waals surface area contributed by atoms with E-state index in [0.29, 0.717) is 26.7 Å². The van der Waals surface area contributed by atoms with Crippen LogP contribution in [-0.4, -0.2) is 20.7 Å². The van der Waals surface area contributed by atoms with Gasteiger partial charge in [-0.15, -0.1) is 10.2 Å². The second kappa shape index (κ2) is 9.20. The van der Waals surface area contributed by atoms with Gasteiger partial charge < -0.3 is 5.32 Å². The molecule has 0 unspecified atom stereocenters. The number of carbonyl (C=O) groups excluding carboxylic acids is 1. The predicted octanol–water partition coefficient (Wildman–Crippen LogP) is 5.53. The highest BCUT2D eigenvalue weighted by Gasteiger charge is 2.23. The largest absolute Gasteiger partial charge is 0.348 e. The summed E-state index contributed by atoms with van der Waals surface area (Å²) in [6.45, 7) is 5.82. The minimum atomic E-state index is -0.497. The van der Waals surface area contributed by atoms with Gasteiger partial charge in [-0.05, 0) is 23.8 Å². The number of rotatable bonds is 6. The van der Waals surface area contributed by atoms with Crippen molar-refractivity contribution in [3.63, 3.8) is 0 Å². The lowest BCUT2D eigenvalue weighted by Crippen LogP contribution is -2.35. The Hall–Kier alpha value is -2.02. The number of nitrogens with one attached hydrogen (secondary N) is 1. The van der Waals surface area contributed by atoms with Crippen molar-refractivity contribution in [2.24, 2.45) is 5.41 Å². The van der Waals surface area contributed by atoms with Crippen LogP contribution in [0.1, 0.15) is 32.2 Å². The van der Waals surface area contributed by atoms with E-state index in [4.69, 9.17) is 23.2 Å². The van der Waals surface area contributed by atoms with Crippen LogP contribution in [0.15, 0.2) is 53.7 Å². The molecule has 152 valence electrons. The molecular weight excluding hydrogens is 427 g/mol. The molecule has 2 aromatic carbocycles. The van der Waals surface area contributed by atoms with E-state index in [1.165, 1.54) is 5.56 Å². The van der Waals surface area contributed by atoms with Gasteiger partial charge in [0, 0.05) is 16.2 Å². The van der Waals surface area contributed by atoms with Crippen LogP contribution >= 0.6 is 35.0 Å². The molecular formula is C21H22Cl2N4OS. The van der Waals surface area contributed by atoms with Gasteiger partial charge in [0.05, 0.1) is 17.3 Å². The van der Waals surface area contributed by atoms with Crippen LogP contribution in [0.3, 0.4) is 0 Å². The summed E-state index contributed by atoms with van der Waals surface area (Å²) in [6.07, 6.45) is 0. The van der Waals surface area contributed by atoms with E-state index in [2.05, 4.69) is 27.6 Å². The molecule has 1 N–H and O–H groups in total. The number of aromatic nitrogens is 3. The summed E-state index contributed by atoms with van der Waals surface area (Å²) in [5.74, 6) is 1.25. The Balaban J connectivity index is 1.93. The molecule has 0 saturated carbocycles. The summed E-state index contributed by atoms with van der Waals surface area (Å²) in [5.41, 5.74) is 1.36. The van der Waals surface area contributed by atoms with Crippen molar-refractivity contribution < 1.29 is 4.79 Å². The first-order chi connectivity index (χ1) is 13.8. The van der Waals surface area contributed by atoms with Crippen LogP contribution < -0.4 is 5.32 Å². The lowest BCUT2D eigenvalue weighted by molar-refractivity contribution is -0.128. The average molecular weight is 449 g/mol. The maximum atomic E-state index is 12.3. The number of thioether (sulfide) groups is 1. The highest BCUT2D eigenvalue weighted by atomic mass is 35.5. The van der Waals surface area contributed by atoms with Gasteiger partial charge in [-0.1, -0.05) is 86.1 Å². The Morgan fingerprint density at radius 2 is 1.83 bits per heavy atom. The zero-order valence-corrected chi connectivity index (χ0v) is 18.8. The standard InChI is InChI=1S/C21H22Cl2N4OS/c1-21(2,3)19(28)24-12-18-25-26-20(29-13-14-7-5-4-6-8-14)27(18)17-11-15(22)9-10-16(17)23/h4-11H,12-13H2,1-3H3,(H,24,28). The molecule has 0 aliphatic heterocycles. The van der Waals surface area contributed by atoms with Gasteiger partial charge in [0.15, 0.2) is 11.0 Å². The van der Waals surface area contributed by atoms with E-state index in [1.54, 1.807) is 30.0 Å². The molecule has 8 heteroatoms. The Labute approximate surface area is 184 Å². The molecule has 0 saturated heterocycles. The molecule has 1 amide bonds. The molecule has 1 aromatic heterocycles. The summed E-state index contributed by atoms with van der Waals surface area (Å²) in [6, 6.07) is 15.4.